The molecule has 0 aliphatic heterocycles. The van der Waals surface area contributed by atoms with E-state index in [-0.39, 0.29) is 17.7 Å². The standard InChI is InChI=1S/C15H16F2N2O2/c1-8-7-10(8)14(20)21-9(2)13-18-11-5-3-4-6-12(11)19(13)15(16)17/h3-6,8-10,15H,7H2,1-2H3. The van der Waals surface area contributed by atoms with Gasteiger partial charge in [0.2, 0.25) is 0 Å². The molecule has 1 saturated carbocycles. The highest BCUT2D eigenvalue weighted by Gasteiger charge is 2.41. The maximum absolute atomic E-state index is 13.3. The maximum atomic E-state index is 13.3. The van der Waals surface area contributed by atoms with Gasteiger partial charge in [-0.3, -0.25) is 9.36 Å². The van der Waals surface area contributed by atoms with Crippen molar-refractivity contribution in [2.75, 3.05) is 0 Å². The Morgan fingerprint density at radius 2 is 2.10 bits per heavy atom. The first-order chi connectivity index (χ1) is 9.99. The van der Waals surface area contributed by atoms with Gasteiger partial charge in [-0.2, -0.15) is 8.78 Å². The third-order valence-electron chi connectivity index (χ3n) is 3.89. The first-order valence-corrected chi connectivity index (χ1v) is 6.94. The molecule has 0 spiro atoms. The molecule has 0 radical (unpaired) electrons. The molecule has 6 heteroatoms. The summed E-state index contributed by atoms with van der Waals surface area (Å²) in [6.45, 7) is 0.809. The van der Waals surface area contributed by atoms with E-state index in [1.54, 1.807) is 31.2 Å². The summed E-state index contributed by atoms with van der Waals surface area (Å²) in [4.78, 5) is 16.0. The van der Waals surface area contributed by atoms with E-state index in [9.17, 15) is 13.6 Å². The van der Waals surface area contributed by atoms with Gasteiger partial charge in [-0.25, -0.2) is 4.98 Å². The number of carbonyl (C=O) groups is 1. The summed E-state index contributed by atoms with van der Waals surface area (Å²) < 4.78 is 32.7. The molecule has 1 aromatic carbocycles. The average molecular weight is 294 g/mol. The van der Waals surface area contributed by atoms with Crippen molar-refractivity contribution in [2.45, 2.75) is 32.9 Å². The van der Waals surface area contributed by atoms with Crippen LogP contribution < -0.4 is 0 Å². The fourth-order valence-corrected chi connectivity index (χ4v) is 2.52. The molecule has 3 atom stereocenters. The van der Waals surface area contributed by atoms with Gasteiger partial charge in [-0.05, 0) is 31.4 Å². The summed E-state index contributed by atoms with van der Waals surface area (Å²) in [5.74, 6) is -0.0360. The van der Waals surface area contributed by atoms with Crippen LogP contribution in [0.25, 0.3) is 11.0 Å². The number of esters is 1. The van der Waals surface area contributed by atoms with Gasteiger partial charge in [0.05, 0.1) is 17.0 Å². The van der Waals surface area contributed by atoms with Crippen molar-refractivity contribution in [3.8, 4) is 0 Å². The lowest BCUT2D eigenvalue weighted by atomic mass is 10.3. The van der Waals surface area contributed by atoms with Crippen LogP contribution >= 0.6 is 0 Å². The molecule has 1 aromatic heterocycles. The van der Waals surface area contributed by atoms with Crippen molar-refractivity contribution < 1.29 is 18.3 Å². The second-order valence-electron chi connectivity index (χ2n) is 5.50. The summed E-state index contributed by atoms with van der Waals surface area (Å²) in [6, 6.07) is 6.65. The van der Waals surface area contributed by atoms with Gasteiger partial charge in [0, 0.05) is 0 Å². The maximum Gasteiger partial charge on any atom is 0.320 e. The lowest BCUT2D eigenvalue weighted by molar-refractivity contribution is -0.151. The SMILES string of the molecule is CC(OC(=O)C1CC1C)c1nc2ccccc2n1C(F)F. The molecule has 0 amide bonds. The van der Waals surface area contributed by atoms with E-state index >= 15 is 0 Å². The smallest absolute Gasteiger partial charge is 0.320 e. The van der Waals surface area contributed by atoms with E-state index in [2.05, 4.69) is 4.98 Å². The number of alkyl halides is 2. The normalized spacial score (nSPS) is 22.5. The van der Waals surface area contributed by atoms with Gasteiger partial charge in [0.25, 0.3) is 0 Å². The molecule has 1 fully saturated rings. The number of benzene rings is 1. The Bertz CT molecular complexity index is 683. The number of imidazole rings is 1. The molecule has 2 aromatic rings. The Balaban J connectivity index is 1.91. The Hall–Kier alpha value is -1.98. The van der Waals surface area contributed by atoms with Gasteiger partial charge in [-0.1, -0.05) is 19.1 Å². The Kier molecular flexibility index (Phi) is 3.39. The second-order valence-corrected chi connectivity index (χ2v) is 5.50. The zero-order chi connectivity index (χ0) is 15.1. The first kappa shape index (κ1) is 14.0. The van der Waals surface area contributed by atoms with Crippen molar-refractivity contribution in [1.82, 2.24) is 9.55 Å². The van der Waals surface area contributed by atoms with Crippen molar-refractivity contribution in [1.29, 1.82) is 0 Å². The average Bonchev–Trinajstić information content (AvgIpc) is 3.03. The van der Waals surface area contributed by atoms with Gasteiger partial charge < -0.3 is 4.74 Å². The van der Waals surface area contributed by atoms with Crippen molar-refractivity contribution in [2.24, 2.45) is 11.8 Å². The number of ether oxygens (including phenoxy) is 1. The molecule has 112 valence electrons. The van der Waals surface area contributed by atoms with Crippen LogP contribution in [0.2, 0.25) is 0 Å². The summed E-state index contributed by atoms with van der Waals surface area (Å²) in [6.07, 6.45) is 0.00305. The predicted octanol–water partition coefficient (Wildman–Crippen LogP) is 3.69. The van der Waals surface area contributed by atoms with Gasteiger partial charge in [0.15, 0.2) is 11.9 Å². The minimum absolute atomic E-state index is 0.0767. The van der Waals surface area contributed by atoms with E-state index in [1.165, 1.54) is 0 Å². The summed E-state index contributed by atoms with van der Waals surface area (Å²) in [5, 5.41) is 0. The predicted molar refractivity (Wildman–Crippen MR) is 72.8 cm³/mol. The quantitative estimate of drug-likeness (QED) is 0.808. The number of nitrogens with zero attached hydrogens (tertiary/aromatic N) is 2. The Morgan fingerprint density at radius 1 is 1.43 bits per heavy atom. The highest BCUT2D eigenvalue weighted by Crippen LogP contribution is 2.40. The third-order valence-corrected chi connectivity index (χ3v) is 3.89. The number of para-hydroxylation sites is 2. The van der Waals surface area contributed by atoms with Crippen LogP contribution in [0.4, 0.5) is 8.78 Å². The van der Waals surface area contributed by atoms with Crippen LogP contribution in [0.3, 0.4) is 0 Å². The van der Waals surface area contributed by atoms with E-state index in [0.717, 1.165) is 11.0 Å². The van der Waals surface area contributed by atoms with Crippen LogP contribution in [0.15, 0.2) is 24.3 Å². The topological polar surface area (TPSA) is 44.1 Å². The molecule has 1 aliphatic carbocycles. The lowest BCUT2D eigenvalue weighted by Gasteiger charge is -2.15. The molecule has 3 unspecified atom stereocenters. The minimum atomic E-state index is -2.73. The van der Waals surface area contributed by atoms with Gasteiger partial charge >= 0.3 is 12.5 Å². The molecule has 3 rings (SSSR count). The van der Waals surface area contributed by atoms with E-state index in [0.29, 0.717) is 17.0 Å². The van der Waals surface area contributed by atoms with Gasteiger partial charge in [-0.15, -0.1) is 0 Å². The van der Waals surface area contributed by atoms with Crippen molar-refractivity contribution in [3.05, 3.63) is 30.1 Å². The van der Waals surface area contributed by atoms with Crippen LogP contribution in [0.1, 0.15) is 38.7 Å². The molecular weight excluding hydrogens is 278 g/mol. The molecule has 1 aliphatic rings. The van der Waals surface area contributed by atoms with E-state index < -0.39 is 12.7 Å². The number of hydrogen-bond acceptors (Lipinski definition) is 3. The van der Waals surface area contributed by atoms with Crippen molar-refractivity contribution in [3.63, 3.8) is 0 Å². The number of halogens is 2. The number of rotatable bonds is 4. The second kappa shape index (κ2) is 5.09. The van der Waals surface area contributed by atoms with Crippen LogP contribution in [0, 0.1) is 11.8 Å². The summed E-state index contributed by atoms with van der Waals surface area (Å²) in [5.41, 5.74) is 0.806. The molecule has 1 heterocycles. The Labute approximate surface area is 120 Å². The van der Waals surface area contributed by atoms with Crippen LogP contribution in [0.5, 0.6) is 0 Å². The fourth-order valence-electron chi connectivity index (χ4n) is 2.52. The van der Waals surface area contributed by atoms with Crippen LogP contribution in [-0.2, 0) is 9.53 Å². The highest BCUT2D eigenvalue weighted by atomic mass is 19.3. The van der Waals surface area contributed by atoms with Gasteiger partial charge in [0.1, 0.15) is 0 Å². The van der Waals surface area contributed by atoms with Crippen molar-refractivity contribution >= 4 is 17.0 Å². The van der Waals surface area contributed by atoms with E-state index in [4.69, 9.17) is 4.74 Å². The number of hydrogen-bond donors (Lipinski definition) is 0. The largest absolute Gasteiger partial charge is 0.454 e. The highest BCUT2D eigenvalue weighted by molar-refractivity contribution is 5.77. The third kappa shape index (κ3) is 2.50. The Morgan fingerprint density at radius 3 is 2.71 bits per heavy atom. The zero-order valence-corrected chi connectivity index (χ0v) is 11.8. The molecule has 0 saturated heterocycles. The summed E-state index contributed by atoms with van der Waals surface area (Å²) in [7, 11) is 0. The fraction of sp³-hybridized carbons (Fsp3) is 0.467. The van der Waals surface area contributed by atoms with Crippen LogP contribution in [-0.4, -0.2) is 15.5 Å². The molecule has 0 bridgehead atoms. The molecular formula is C15H16F2N2O2. The number of fused-ring (bicyclic) bond motifs is 1. The number of aromatic nitrogens is 2. The lowest BCUT2D eigenvalue weighted by Crippen LogP contribution is -2.16. The first-order valence-electron chi connectivity index (χ1n) is 6.94. The molecule has 4 nitrogen and oxygen atoms in total. The molecule has 21 heavy (non-hydrogen) atoms. The monoisotopic (exact) mass is 294 g/mol. The zero-order valence-electron chi connectivity index (χ0n) is 11.8. The molecule has 0 N–H and O–H groups in total. The minimum Gasteiger partial charge on any atom is -0.454 e. The summed E-state index contributed by atoms with van der Waals surface area (Å²) >= 11 is 0. The van der Waals surface area contributed by atoms with E-state index in [1.807, 2.05) is 6.92 Å². The number of carbonyl (C=O) groups excluding carboxylic acids is 1.